The summed E-state index contributed by atoms with van der Waals surface area (Å²) in [7, 11) is 0. The van der Waals surface area contributed by atoms with E-state index in [4.69, 9.17) is 24.9 Å². The van der Waals surface area contributed by atoms with Crippen molar-refractivity contribution in [1.29, 1.82) is 0 Å². The summed E-state index contributed by atoms with van der Waals surface area (Å²) < 4.78 is 0. The van der Waals surface area contributed by atoms with Crippen molar-refractivity contribution in [3.8, 4) is 0 Å². The first kappa shape index (κ1) is 43.0. The smallest absolute Gasteiger partial charge is 0.550 e. The van der Waals surface area contributed by atoms with Crippen LogP contribution in [0.1, 0.15) is 19.4 Å². The van der Waals surface area contributed by atoms with Crippen molar-refractivity contribution in [3.63, 3.8) is 0 Å². The summed E-state index contributed by atoms with van der Waals surface area (Å²) in [4.78, 5) is 27.9. The largest absolute Gasteiger partial charge is 2.00 e. The molecular weight excluding hydrogens is 375 g/mol. The van der Waals surface area contributed by atoms with Crippen LogP contribution in [0.4, 0.5) is 0 Å². The van der Waals surface area contributed by atoms with E-state index in [1.54, 1.807) is 6.08 Å². The van der Waals surface area contributed by atoms with Crippen molar-refractivity contribution in [1.82, 2.24) is 0 Å². The summed E-state index contributed by atoms with van der Waals surface area (Å²) >= 11 is 0. The van der Waals surface area contributed by atoms with Gasteiger partial charge in [-0.2, -0.15) is 0 Å². The van der Waals surface area contributed by atoms with Gasteiger partial charge >= 0.3 is 22.5 Å². The second-order valence-electron chi connectivity index (χ2n) is 3.07. The number of rotatable bonds is 2. The minimum Gasteiger partial charge on any atom is -0.550 e. The molecule has 0 saturated heterocycles. The van der Waals surface area contributed by atoms with E-state index in [0.717, 1.165) is 25.5 Å². The van der Waals surface area contributed by atoms with Crippen LogP contribution >= 0.6 is 0 Å². The molecular formula is C13H22NiO10. The van der Waals surface area contributed by atoms with E-state index in [0.29, 0.717) is 0 Å². The van der Waals surface area contributed by atoms with Gasteiger partial charge in [0, 0.05) is 18.0 Å². The predicted molar refractivity (Wildman–Crippen MR) is 78.9 cm³/mol. The maximum absolute atomic E-state index is 10.1. The summed E-state index contributed by atoms with van der Waals surface area (Å²) in [6.07, 6.45) is 2.68. The molecule has 0 spiro atoms. The molecule has 0 aromatic heterocycles. The topological polar surface area (TPSA) is 244 Å². The van der Waals surface area contributed by atoms with Crippen LogP contribution in [0.2, 0.25) is 0 Å². The summed E-state index contributed by atoms with van der Waals surface area (Å²) in [5.74, 6) is -3.09. The van der Waals surface area contributed by atoms with Gasteiger partial charge in [-0.3, -0.25) is 0 Å². The average molecular weight is 397 g/mol. The fourth-order valence-electron chi connectivity index (χ4n) is 0.732. The van der Waals surface area contributed by atoms with E-state index in [-0.39, 0.29) is 38.4 Å². The molecule has 0 amide bonds. The van der Waals surface area contributed by atoms with E-state index in [1.165, 1.54) is 0 Å². The molecule has 1 aromatic rings. The van der Waals surface area contributed by atoms with Crippen LogP contribution in [0.25, 0.3) is 6.08 Å². The van der Waals surface area contributed by atoms with Gasteiger partial charge < -0.3 is 46.8 Å². The Morgan fingerprint density at radius 2 is 1.17 bits per heavy atom. The number of carboxylic acid groups (broad SMARTS) is 3. The van der Waals surface area contributed by atoms with Gasteiger partial charge in [-0.25, -0.2) is 4.79 Å². The monoisotopic (exact) mass is 396 g/mol. The Bertz CT molecular complexity index is 414. The van der Waals surface area contributed by atoms with Gasteiger partial charge in [0.25, 0.3) is 0 Å². The van der Waals surface area contributed by atoms with Crippen molar-refractivity contribution < 1.29 is 68.1 Å². The first-order chi connectivity index (χ1) is 8.75. The normalized spacial score (nSPS) is 6.75. The molecule has 0 radical (unpaired) electrons. The maximum atomic E-state index is 10.1. The third-order valence-electron chi connectivity index (χ3n) is 1.22. The molecule has 0 fully saturated rings. The Kier molecular flexibility index (Phi) is 51.7. The summed E-state index contributed by atoms with van der Waals surface area (Å²) in [5, 5.41) is 26.1. The molecule has 11 heteroatoms. The number of benzene rings is 1. The molecule has 144 valence electrons. The van der Waals surface area contributed by atoms with Crippen LogP contribution in [0, 0.1) is 0 Å². The molecule has 1 rings (SSSR count). The van der Waals surface area contributed by atoms with Gasteiger partial charge in [-0.05, 0) is 25.5 Å². The molecule has 0 saturated carbocycles. The van der Waals surface area contributed by atoms with Gasteiger partial charge in [0.2, 0.25) is 0 Å². The molecule has 0 aliphatic heterocycles. The Labute approximate surface area is 148 Å². The molecule has 0 unspecified atom stereocenters. The third kappa shape index (κ3) is 60.2. The predicted octanol–water partition coefficient (Wildman–Crippen LogP) is -4.00. The van der Waals surface area contributed by atoms with Gasteiger partial charge in [0.05, 0.1) is 0 Å². The van der Waals surface area contributed by atoms with E-state index >= 15 is 0 Å². The van der Waals surface area contributed by atoms with Gasteiger partial charge in [-0.1, -0.05) is 30.3 Å². The fraction of sp³-hybridized carbons (Fsp3) is 0.154. The Morgan fingerprint density at radius 1 is 0.875 bits per heavy atom. The van der Waals surface area contributed by atoms with Gasteiger partial charge in [0.1, 0.15) is 0 Å². The van der Waals surface area contributed by atoms with Crippen molar-refractivity contribution in [2.24, 2.45) is 0 Å². The van der Waals surface area contributed by atoms with Gasteiger partial charge in [0.15, 0.2) is 0 Å². The van der Waals surface area contributed by atoms with Crippen LogP contribution in [-0.2, 0) is 30.9 Å². The number of carbonyl (C=O) groups excluding carboxylic acids is 2. The molecule has 9 N–H and O–H groups in total. The zero-order valence-corrected chi connectivity index (χ0v) is 13.8. The zero-order chi connectivity index (χ0) is 15.3. The average Bonchev–Trinajstić information content (AvgIpc) is 2.26. The first-order valence-electron chi connectivity index (χ1n) is 5.07. The van der Waals surface area contributed by atoms with Crippen LogP contribution < -0.4 is 10.2 Å². The summed E-state index contributed by atoms with van der Waals surface area (Å²) in [6, 6.07) is 9.31. The molecule has 24 heavy (non-hydrogen) atoms. The second-order valence-corrected chi connectivity index (χ2v) is 3.07. The van der Waals surface area contributed by atoms with Crippen molar-refractivity contribution in [3.05, 3.63) is 42.0 Å². The fourth-order valence-corrected chi connectivity index (χ4v) is 0.732. The van der Waals surface area contributed by atoms with E-state index in [2.05, 4.69) is 0 Å². The van der Waals surface area contributed by atoms with Crippen molar-refractivity contribution >= 4 is 24.0 Å². The first-order valence-corrected chi connectivity index (χ1v) is 5.07. The molecule has 0 bridgehead atoms. The van der Waals surface area contributed by atoms with Crippen LogP contribution in [0.3, 0.4) is 0 Å². The number of carboxylic acids is 3. The van der Waals surface area contributed by atoms with Crippen LogP contribution in [0.5, 0.6) is 0 Å². The summed E-state index contributed by atoms with van der Waals surface area (Å²) in [5.41, 5.74) is 0.898. The van der Waals surface area contributed by atoms with Crippen LogP contribution in [0.15, 0.2) is 36.4 Å². The minimum absolute atomic E-state index is 0. The van der Waals surface area contributed by atoms with E-state index < -0.39 is 17.9 Å². The molecule has 10 nitrogen and oxygen atoms in total. The molecule has 0 aliphatic rings. The molecule has 0 atom stereocenters. The minimum atomic E-state index is -1.08. The Hall–Kier alpha value is -2.30. The van der Waals surface area contributed by atoms with Gasteiger partial charge in [-0.15, -0.1) is 0 Å². The molecule has 0 aliphatic carbocycles. The quantitative estimate of drug-likeness (QED) is 0.384. The molecule has 0 heterocycles. The number of hydrogen-bond acceptors (Lipinski definition) is 5. The number of aliphatic carboxylic acids is 3. The molecule has 1 aromatic carbocycles. The Balaban J connectivity index is -0.0000000390. The second kappa shape index (κ2) is 28.8. The number of hydrogen-bond donors (Lipinski definition) is 1. The summed E-state index contributed by atoms with van der Waals surface area (Å²) in [6.45, 7) is 1.94. The zero-order valence-electron chi connectivity index (χ0n) is 12.8. The van der Waals surface area contributed by atoms with E-state index in [1.807, 2.05) is 30.3 Å². The van der Waals surface area contributed by atoms with E-state index in [9.17, 15) is 4.79 Å². The Morgan fingerprint density at radius 3 is 1.42 bits per heavy atom. The van der Waals surface area contributed by atoms with Crippen molar-refractivity contribution in [2.45, 2.75) is 13.8 Å². The third-order valence-corrected chi connectivity index (χ3v) is 1.22. The number of carbonyl (C=O) groups is 3. The maximum Gasteiger partial charge on any atom is 2.00 e. The SMILES string of the molecule is CC(=O)[O-].CC(=O)[O-].O.O.O.O.O=C(O)/C=C\c1ccccc1.[Ni+2]. The van der Waals surface area contributed by atoms with Crippen molar-refractivity contribution in [2.75, 3.05) is 0 Å². The standard InChI is InChI=1S/C9H8O2.2C2H4O2.Ni.4H2O/c10-9(11)7-6-8-4-2-1-3-5-8;2*1-2(3)4;;;;;/h1-7H,(H,10,11);2*1H3,(H,3,4);;4*1H2/q;;;+2;;;;/p-2/b7-6-;;;;;;;. The van der Waals surface area contributed by atoms with Crippen LogP contribution in [-0.4, -0.2) is 44.9 Å².